The average molecular weight is 507 g/mol. The van der Waals surface area contributed by atoms with Crippen LogP contribution in [0.3, 0.4) is 0 Å². The Bertz CT molecular complexity index is 1140. The van der Waals surface area contributed by atoms with Crippen LogP contribution in [-0.2, 0) is 7.05 Å². The molecule has 0 aromatic carbocycles. The predicted octanol–water partition coefficient (Wildman–Crippen LogP) is 5.04. The predicted molar refractivity (Wildman–Crippen MR) is 150 cm³/mol. The van der Waals surface area contributed by atoms with Crippen molar-refractivity contribution in [3.05, 3.63) is 65.3 Å². The third-order valence-electron chi connectivity index (χ3n) is 6.08. The van der Waals surface area contributed by atoms with Gasteiger partial charge in [0.2, 0.25) is 0 Å². The third-order valence-corrected chi connectivity index (χ3v) is 7.08. The molecule has 192 valence electrons. The second-order valence-electron chi connectivity index (χ2n) is 8.56. The lowest BCUT2D eigenvalue weighted by Crippen LogP contribution is -2.27. The Balaban J connectivity index is 1.49. The molecule has 0 atom stereocenters. The number of hydrogen-bond donors (Lipinski definition) is 0. The standard InChI is InChI=1S/C27H38N8S/c1-7-25(34(6)30-8-2)23-12-10-11-22(13-14-23)15-16-35(9-3)17-18-36-27-32-31-26(33(27)5)24-20-28-21(4)19-29-24/h7-8,10-12,14,19-20H,9,13,15-18H2,1-6H3/b25-7-,30-8+. The van der Waals surface area contributed by atoms with Crippen LogP contribution in [0.15, 0.2) is 69.9 Å². The lowest BCUT2D eigenvalue weighted by molar-refractivity contribution is 0.309. The molecule has 0 spiro atoms. The molecule has 2 aromatic heterocycles. The maximum atomic E-state index is 4.43. The second kappa shape index (κ2) is 13.9. The number of likely N-dealkylation sites (N-methyl/N-ethyl adjacent to an activating group) is 1. The van der Waals surface area contributed by atoms with Crippen molar-refractivity contribution >= 4 is 18.0 Å². The van der Waals surface area contributed by atoms with Gasteiger partial charge in [-0.1, -0.05) is 54.6 Å². The highest BCUT2D eigenvalue weighted by molar-refractivity contribution is 7.99. The summed E-state index contributed by atoms with van der Waals surface area (Å²) >= 11 is 1.73. The Hall–Kier alpha value is -3.04. The molecule has 0 saturated heterocycles. The van der Waals surface area contributed by atoms with Crippen molar-refractivity contribution < 1.29 is 0 Å². The van der Waals surface area contributed by atoms with E-state index in [1.165, 1.54) is 11.1 Å². The molecular formula is C27H38N8S. The van der Waals surface area contributed by atoms with Crippen molar-refractivity contribution in [2.45, 2.75) is 45.7 Å². The minimum absolute atomic E-state index is 0.742. The number of nitrogens with zero attached hydrogens (tertiary/aromatic N) is 8. The number of rotatable bonds is 12. The lowest BCUT2D eigenvalue weighted by atomic mass is 10.1. The van der Waals surface area contributed by atoms with Crippen molar-refractivity contribution in [2.24, 2.45) is 12.1 Å². The van der Waals surface area contributed by atoms with Gasteiger partial charge in [0, 0.05) is 45.3 Å². The highest BCUT2D eigenvalue weighted by Crippen LogP contribution is 2.23. The topological polar surface area (TPSA) is 75.3 Å². The molecule has 0 saturated carbocycles. The summed E-state index contributed by atoms with van der Waals surface area (Å²) in [5, 5.41) is 15.9. The molecule has 2 heterocycles. The van der Waals surface area contributed by atoms with E-state index in [1.54, 1.807) is 24.2 Å². The largest absolute Gasteiger partial charge is 0.304 e. The second-order valence-corrected chi connectivity index (χ2v) is 9.62. The molecule has 0 bridgehead atoms. The van der Waals surface area contributed by atoms with Gasteiger partial charge in [-0.05, 0) is 45.7 Å². The van der Waals surface area contributed by atoms with Crippen LogP contribution in [0.4, 0.5) is 0 Å². The van der Waals surface area contributed by atoms with Gasteiger partial charge >= 0.3 is 0 Å². The zero-order chi connectivity index (χ0) is 25.9. The number of aryl methyl sites for hydroxylation is 1. The van der Waals surface area contributed by atoms with Gasteiger partial charge in [0.1, 0.15) is 5.69 Å². The van der Waals surface area contributed by atoms with Gasteiger partial charge in [-0.3, -0.25) is 9.99 Å². The molecule has 9 heteroatoms. The maximum Gasteiger partial charge on any atom is 0.191 e. The summed E-state index contributed by atoms with van der Waals surface area (Å²) in [5.41, 5.74) is 5.40. The van der Waals surface area contributed by atoms with Crippen molar-refractivity contribution in [3.63, 3.8) is 0 Å². The highest BCUT2D eigenvalue weighted by Gasteiger charge is 2.14. The first-order valence-corrected chi connectivity index (χ1v) is 13.4. The van der Waals surface area contributed by atoms with Crippen molar-refractivity contribution in [2.75, 3.05) is 32.4 Å². The Labute approximate surface area is 219 Å². The third kappa shape index (κ3) is 7.48. The van der Waals surface area contributed by atoms with Gasteiger partial charge in [-0.2, -0.15) is 5.10 Å². The molecule has 0 N–H and O–H groups in total. The fourth-order valence-electron chi connectivity index (χ4n) is 3.98. The summed E-state index contributed by atoms with van der Waals surface area (Å²) in [6, 6.07) is 0. The number of hydrazone groups is 1. The van der Waals surface area contributed by atoms with E-state index in [1.807, 2.05) is 43.7 Å². The van der Waals surface area contributed by atoms with E-state index in [0.717, 1.165) is 66.3 Å². The van der Waals surface area contributed by atoms with Crippen LogP contribution in [0.2, 0.25) is 0 Å². The molecule has 0 amide bonds. The summed E-state index contributed by atoms with van der Waals surface area (Å²) in [6.45, 7) is 11.2. The Kier molecular flexibility index (Phi) is 10.6. The van der Waals surface area contributed by atoms with Crippen molar-refractivity contribution in [3.8, 4) is 11.5 Å². The molecule has 0 aliphatic heterocycles. The molecule has 1 aliphatic rings. The summed E-state index contributed by atoms with van der Waals surface area (Å²) in [5.74, 6) is 1.70. The van der Waals surface area contributed by atoms with Crippen LogP contribution >= 0.6 is 11.8 Å². The molecular weight excluding hydrogens is 468 g/mol. The Morgan fingerprint density at radius 3 is 2.72 bits per heavy atom. The molecule has 0 fully saturated rings. The minimum atomic E-state index is 0.742. The molecule has 0 unspecified atom stereocenters. The van der Waals surface area contributed by atoms with E-state index in [2.05, 4.69) is 74.4 Å². The van der Waals surface area contributed by atoms with Gasteiger partial charge in [0.05, 0.1) is 17.6 Å². The van der Waals surface area contributed by atoms with E-state index in [-0.39, 0.29) is 0 Å². The fraction of sp³-hybridized carbons (Fsp3) is 0.444. The monoisotopic (exact) mass is 506 g/mol. The molecule has 1 aliphatic carbocycles. The highest BCUT2D eigenvalue weighted by atomic mass is 32.2. The van der Waals surface area contributed by atoms with Gasteiger partial charge < -0.3 is 9.47 Å². The first-order valence-electron chi connectivity index (χ1n) is 12.5. The van der Waals surface area contributed by atoms with E-state index < -0.39 is 0 Å². The van der Waals surface area contributed by atoms with Gasteiger partial charge in [0.25, 0.3) is 0 Å². The van der Waals surface area contributed by atoms with Crippen molar-refractivity contribution in [1.82, 2.24) is 34.6 Å². The van der Waals surface area contributed by atoms with Gasteiger partial charge in [0.15, 0.2) is 11.0 Å². The molecule has 3 rings (SSSR count). The number of hydrogen-bond acceptors (Lipinski definition) is 8. The Morgan fingerprint density at radius 1 is 1.19 bits per heavy atom. The molecule has 8 nitrogen and oxygen atoms in total. The maximum absolute atomic E-state index is 4.43. The summed E-state index contributed by atoms with van der Waals surface area (Å²) in [6.07, 6.45) is 18.4. The van der Waals surface area contributed by atoms with E-state index in [0.29, 0.717) is 0 Å². The minimum Gasteiger partial charge on any atom is -0.304 e. The quantitative estimate of drug-likeness (QED) is 0.227. The molecule has 2 aromatic rings. The van der Waals surface area contributed by atoms with Gasteiger partial charge in [-0.25, -0.2) is 4.98 Å². The van der Waals surface area contributed by atoms with Gasteiger partial charge in [-0.15, -0.1) is 10.2 Å². The van der Waals surface area contributed by atoms with E-state index in [4.69, 9.17) is 0 Å². The zero-order valence-corrected chi connectivity index (χ0v) is 23.2. The summed E-state index contributed by atoms with van der Waals surface area (Å²) in [4.78, 5) is 11.2. The first-order chi connectivity index (χ1) is 17.5. The summed E-state index contributed by atoms with van der Waals surface area (Å²) < 4.78 is 2.00. The van der Waals surface area contributed by atoms with E-state index in [9.17, 15) is 0 Å². The SMILES string of the molecule is C/C=C(/C1=CCC(CCN(CC)CCSc2nnc(-c3cnc(C)cn3)n2C)=CC=C1)N(C)/N=C/C. The van der Waals surface area contributed by atoms with Crippen LogP contribution in [0.1, 0.15) is 39.3 Å². The van der Waals surface area contributed by atoms with Crippen LogP contribution in [0, 0.1) is 6.92 Å². The molecule has 0 radical (unpaired) electrons. The molecule has 36 heavy (non-hydrogen) atoms. The number of thioether (sulfide) groups is 1. The zero-order valence-electron chi connectivity index (χ0n) is 22.3. The normalized spacial score (nSPS) is 14.4. The van der Waals surface area contributed by atoms with Crippen LogP contribution in [-0.4, -0.2) is 73.3 Å². The summed E-state index contributed by atoms with van der Waals surface area (Å²) in [7, 11) is 3.97. The first kappa shape index (κ1) is 27.5. The average Bonchev–Trinajstić information content (AvgIpc) is 3.08. The lowest BCUT2D eigenvalue weighted by Gasteiger charge is -2.20. The smallest absolute Gasteiger partial charge is 0.191 e. The van der Waals surface area contributed by atoms with Crippen LogP contribution in [0.25, 0.3) is 11.5 Å². The number of aromatic nitrogens is 5. The fourth-order valence-corrected chi connectivity index (χ4v) is 4.89. The number of allylic oxidation sites excluding steroid dienone is 5. The Morgan fingerprint density at radius 2 is 2.03 bits per heavy atom. The van der Waals surface area contributed by atoms with Crippen LogP contribution < -0.4 is 0 Å². The van der Waals surface area contributed by atoms with E-state index >= 15 is 0 Å². The van der Waals surface area contributed by atoms with Crippen molar-refractivity contribution in [1.29, 1.82) is 0 Å². The van der Waals surface area contributed by atoms with Crippen LogP contribution in [0.5, 0.6) is 0 Å².